The number of benzene rings is 1. The number of carbonyl (C=O) groups excluding carboxylic acids is 2. The predicted octanol–water partition coefficient (Wildman–Crippen LogP) is 3.41. The number of rotatable bonds is 5. The molecule has 0 unspecified atom stereocenters. The summed E-state index contributed by atoms with van der Waals surface area (Å²) in [4.78, 5) is 21.4. The summed E-state index contributed by atoms with van der Waals surface area (Å²) in [6.07, 6.45) is 3.76. The van der Waals surface area contributed by atoms with E-state index in [1.807, 2.05) is 47.9 Å². The fourth-order valence-corrected chi connectivity index (χ4v) is 2.38. The Morgan fingerprint density at radius 3 is 2.90 bits per heavy atom. The molecule has 5 heteroatoms. The zero-order chi connectivity index (χ0) is 14.4. The van der Waals surface area contributed by atoms with Crippen LogP contribution in [0.5, 0.6) is 5.06 Å². The van der Waals surface area contributed by atoms with E-state index in [4.69, 9.17) is 4.74 Å². The van der Waals surface area contributed by atoms with Crippen molar-refractivity contribution >= 4 is 41.6 Å². The molecule has 0 aliphatic rings. The van der Waals surface area contributed by atoms with Crippen LogP contribution >= 0.6 is 11.3 Å². The van der Waals surface area contributed by atoms with Crippen molar-refractivity contribution in [1.29, 1.82) is 0 Å². The topological polar surface area (TPSA) is 55.4 Å². The molecule has 1 aromatic carbocycles. The predicted molar refractivity (Wildman–Crippen MR) is 80.7 cm³/mol. The lowest BCUT2D eigenvalue weighted by Gasteiger charge is -2.02. The summed E-state index contributed by atoms with van der Waals surface area (Å²) in [5.41, 5.74) is 2.53. The molecular formula is C15H13NO3S. The van der Waals surface area contributed by atoms with Gasteiger partial charge in [0.15, 0.2) is 5.06 Å². The Morgan fingerprint density at radius 2 is 2.15 bits per heavy atom. The first-order valence-corrected chi connectivity index (χ1v) is 6.80. The van der Waals surface area contributed by atoms with Crippen LogP contribution in [0.1, 0.15) is 18.1 Å². The zero-order valence-electron chi connectivity index (χ0n) is 10.8. The summed E-state index contributed by atoms with van der Waals surface area (Å²) < 4.78 is 4.87. The normalized spacial score (nSPS) is 10.4. The van der Waals surface area contributed by atoms with E-state index < -0.39 is 0 Å². The Labute approximate surface area is 120 Å². The minimum atomic E-state index is -0.106. The smallest absolute Gasteiger partial charge is 0.299 e. The third kappa shape index (κ3) is 3.80. The lowest BCUT2D eigenvalue weighted by molar-refractivity contribution is -0.120. The van der Waals surface area contributed by atoms with E-state index in [0.29, 0.717) is 11.5 Å². The van der Waals surface area contributed by atoms with Crippen LogP contribution in [-0.2, 0) is 9.59 Å². The fraction of sp³-hybridized carbons (Fsp3) is 0.0667. The number of hydrogen-bond acceptors (Lipinski definition) is 4. The van der Waals surface area contributed by atoms with Crippen LogP contribution in [-0.4, -0.2) is 12.4 Å². The van der Waals surface area contributed by atoms with Gasteiger partial charge in [-0.2, -0.15) is 0 Å². The molecule has 0 saturated carbocycles. The second kappa shape index (κ2) is 6.68. The Kier molecular flexibility index (Phi) is 4.68. The SMILES string of the molecule is CC(=O)Nc1cccc(/C=C\c2ccsc2OC=O)c1. The van der Waals surface area contributed by atoms with E-state index in [1.54, 1.807) is 0 Å². The van der Waals surface area contributed by atoms with Gasteiger partial charge in [0.2, 0.25) is 5.91 Å². The van der Waals surface area contributed by atoms with Crippen molar-refractivity contribution < 1.29 is 14.3 Å². The number of carbonyl (C=O) groups is 2. The van der Waals surface area contributed by atoms with Gasteiger partial charge in [-0.3, -0.25) is 9.59 Å². The van der Waals surface area contributed by atoms with Crippen LogP contribution in [0.25, 0.3) is 12.2 Å². The van der Waals surface area contributed by atoms with Gasteiger partial charge < -0.3 is 10.1 Å². The van der Waals surface area contributed by atoms with E-state index in [1.165, 1.54) is 18.3 Å². The molecule has 1 aromatic heterocycles. The largest absolute Gasteiger partial charge is 0.417 e. The summed E-state index contributed by atoms with van der Waals surface area (Å²) in [6.45, 7) is 1.89. The zero-order valence-corrected chi connectivity index (χ0v) is 11.6. The maximum Gasteiger partial charge on any atom is 0.299 e. The van der Waals surface area contributed by atoms with Crippen LogP contribution in [0, 0.1) is 0 Å². The highest BCUT2D eigenvalue weighted by Crippen LogP contribution is 2.27. The van der Waals surface area contributed by atoms with Gasteiger partial charge in [0.05, 0.1) is 0 Å². The van der Waals surface area contributed by atoms with Crippen molar-refractivity contribution in [1.82, 2.24) is 0 Å². The fourth-order valence-electron chi connectivity index (χ4n) is 1.68. The molecule has 102 valence electrons. The summed E-state index contributed by atoms with van der Waals surface area (Å²) in [5, 5.41) is 5.15. The van der Waals surface area contributed by atoms with Gasteiger partial charge in [0.25, 0.3) is 6.47 Å². The molecule has 1 heterocycles. The van der Waals surface area contributed by atoms with Crippen molar-refractivity contribution in [2.75, 3.05) is 5.32 Å². The minimum absolute atomic E-state index is 0.106. The van der Waals surface area contributed by atoms with E-state index >= 15 is 0 Å². The highest BCUT2D eigenvalue weighted by Gasteiger charge is 2.01. The van der Waals surface area contributed by atoms with Gasteiger partial charge in [0, 0.05) is 18.2 Å². The Bertz CT molecular complexity index is 646. The number of thiophene rings is 1. The standard InChI is InChI=1S/C15H13NO3S/c1-11(18)16-14-4-2-3-12(9-14)5-6-13-7-8-20-15(13)19-10-17/h2-10H,1H3,(H,16,18)/b6-5-. The maximum atomic E-state index is 11.0. The van der Waals surface area contributed by atoms with Crippen molar-refractivity contribution in [2.45, 2.75) is 6.92 Å². The monoisotopic (exact) mass is 287 g/mol. The van der Waals surface area contributed by atoms with Gasteiger partial charge in [-0.25, -0.2) is 0 Å². The van der Waals surface area contributed by atoms with Crippen molar-refractivity contribution in [2.24, 2.45) is 0 Å². The molecule has 0 spiro atoms. The molecule has 0 aliphatic heterocycles. The van der Waals surface area contributed by atoms with Crippen LogP contribution in [0.4, 0.5) is 5.69 Å². The second-order valence-corrected chi connectivity index (χ2v) is 4.90. The van der Waals surface area contributed by atoms with Gasteiger partial charge in [0.1, 0.15) is 0 Å². The van der Waals surface area contributed by atoms with Gasteiger partial charge in [-0.1, -0.05) is 18.2 Å². The first-order valence-electron chi connectivity index (χ1n) is 5.92. The lowest BCUT2D eigenvalue weighted by Crippen LogP contribution is -2.05. The average molecular weight is 287 g/mol. The van der Waals surface area contributed by atoms with Crippen LogP contribution < -0.4 is 10.1 Å². The number of anilines is 1. The molecular weight excluding hydrogens is 274 g/mol. The van der Waals surface area contributed by atoms with Crippen LogP contribution in [0.15, 0.2) is 35.7 Å². The number of hydrogen-bond donors (Lipinski definition) is 1. The third-order valence-electron chi connectivity index (χ3n) is 2.48. The third-order valence-corrected chi connectivity index (χ3v) is 3.29. The minimum Gasteiger partial charge on any atom is -0.417 e. The van der Waals surface area contributed by atoms with Crippen molar-refractivity contribution in [3.63, 3.8) is 0 Å². The second-order valence-electron chi connectivity index (χ2n) is 4.02. The molecule has 0 atom stereocenters. The van der Waals surface area contributed by atoms with Gasteiger partial charge in [-0.15, -0.1) is 11.3 Å². The van der Waals surface area contributed by atoms with E-state index in [9.17, 15) is 9.59 Å². The lowest BCUT2D eigenvalue weighted by atomic mass is 10.1. The molecule has 0 aliphatic carbocycles. The molecule has 1 amide bonds. The van der Waals surface area contributed by atoms with Crippen molar-refractivity contribution in [3.8, 4) is 5.06 Å². The first kappa shape index (κ1) is 14.0. The quantitative estimate of drug-likeness (QED) is 0.857. The first-order chi connectivity index (χ1) is 9.69. The molecule has 2 aromatic rings. The summed E-state index contributed by atoms with van der Waals surface area (Å²) in [7, 11) is 0. The Morgan fingerprint density at radius 1 is 1.30 bits per heavy atom. The average Bonchev–Trinajstić information content (AvgIpc) is 2.84. The highest BCUT2D eigenvalue weighted by atomic mass is 32.1. The molecule has 2 rings (SSSR count). The molecule has 0 radical (unpaired) electrons. The Hall–Kier alpha value is -2.40. The number of ether oxygens (including phenoxy) is 1. The number of amides is 1. The van der Waals surface area contributed by atoms with E-state index in [0.717, 1.165) is 16.8 Å². The maximum absolute atomic E-state index is 11.0. The highest BCUT2D eigenvalue weighted by molar-refractivity contribution is 7.12. The van der Waals surface area contributed by atoms with Crippen molar-refractivity contribution in [3.05, 3.63) is 46.8 Å². The molecule has 0 fully saturated rings. The molecule has 0 bridgehead atoms. The van der Waals surface area contributed by atoms with Gasteiger partial charge in [-0.05, 0) is 35.2 Å². The molecule has 1 N–H and O–H groups in total. The summed E-state index contributed by atoms with van der Waals surface area (Å²) in [5.74, 6) is -0.106. The summed E-state index contributed by atoms with van der Waals surface area (Å²) >= 11 is 1.36. The molecule has 4 nitrogen and oxygen atoms in total. The van der Waals surface area contributed by atoms with E-state index in [-0.39, 0.29) is 5.91 Å². The van der Waals surface area contributed by atoms with Crippen LogP contribution in [0.3, 0.4) is 0 Å². The number of nitrogens with one attached hydrogen (secondary N) is 1. The molecule has 20 heavy (non-hydrogen) atoms. The summed E-state index contributed by atoms with van der Waals surface area (Å²) in [6, 6.07) is 9.35. The molecule has 0 saturated heterocycles. The van der Waals surface area contributed by atoms with E-state index in [2.05, 4.69) is 5.32 Å². The van der Waals surface area contributed by atoms with Crippen LogP contribution in [0.2, 0.25) is 0 Å². The Balaban J connectivity index is 2.16. The van der Waals surface area contributed by atoms with Gasteiger partial charge >= 0.3 is 0 Å².